The fourth-order valence-electron chi connectivity index (χ4n) is 1.94. The van der Waals surface area contributed by atoms with Crippen molar-refractivity contribution in [3.8, 4) is 0 Å². The van der Waals surface area contributed by atoms with Gasteiger partial charge in [0.2, 0.25) is 0 Å². The number of halogens is 13. The average molecular weight is 480 g/mol. The zero-order chi connectivity index (χ0) is 24.7. The van der Waals surface area contributed by atoms with Gasteiger partial charge < -0.3 is 4.74 Å². The first-order valence-electron chi connectivity index (χ1n) is 7.51. The van der Waals surface area contributed by atoms with E-state index in [1.807, 2.05) is 0 Å². The highest BCUT2D eigenvalue weighted by Crippen LogP contribution is 2.60. The van der Waals surface area contributed by atoms with Crippen molar-refractivity contribution in [3.05, 3.63) is 41.5 Å². The van der Waals surface area contributed by atoms with Crippen LogP contribution in [-0.2, 0) is 4.74 Å². The lowest BCUT2D eigenvalue weighted by atomic mass is 9.93. The van der Waals surface area contributed by atoms with Crippen LogP contribution < -0.4 is 0 Å². The second kappa shape index (κ2) is 7.89. The van der Waals surface area contributed by atoms with Gasteiger partial charge in [0.15, 0.2) is 0 Å². The summed E-state index contributed by atoms with van der Waals surface area (Å²) >= 11 is 0. The third-order valence-corrected chi connectivity index (χ3v) is 3.77. The normalized spacial score (nSPS) is 14.8. The monoisotopic (exact) mass is 480 g/mol. The number of benzene rings is 1. The maximum absolute atomic E-state index is 13.6. The molecule has 0 spiro atoms. The van der Waals surface area contributed by atoms with Gasteiger partial charge in [-0.1, -0.05) is 18.2 Å². The van der Waals surface area contributed by atoms with E-state index in [-0.39, 0.29) is 11.6 Å². The summed E-state index contributed by atoms with van der Waals surface area (Å²) in [6.07, 6.45) is -8.58. The van der Waals surface area contributed by atoms with Crippen LogP contribution in [0.2, 0.25) is 0 Å². The number of esters is 1. The van der Waals surface area contributed by atoms with Gasteiger partial charge in [-0.3, -0.25) is 0 Å². The highest BCUT2D eigenvalue weighted by atomic mass is 19.4. The van der Waals surface area contributed by atoms with E-state index >= 15 is 0 Å². The first-order chi connectivity index (χ1) is 13.7. The summed E-state index contributed by atoms with van der Waals surface area (Å²) in [5.41, 5.74) is -0.656. The second-order valence-corrected chi connectivity index (χ2v) is 5.87. The lowest BCUT2D eigenvalue weighted by Gasteiger charge is -2.39. The Morgan fingerprint density at radius 1 is 0.710 bits per heavy atom. The molecule has 0 unspecified atom stereocenters. The standard InChI is InChI=1S/C16H9F13O2/c1-31-10(30)9-4-2-8(3-5-9)6-7-11(17,18)12(19,20)13(21,22)14(23,24)15(25,26)16(27,28)29/h2-7H,1H3/b7-6+. The molecule has 1 aromatic rings. The molecule has 0 heterocycles. The summed E-state index contributed by atoms with van der Waals surface area (Å²) in [4.78, 5) is 11.2. The highest BCUT2D eigenvalue weighted by molar-refractivity contribution is 5.89. The third kappa shape index (κ3) is 4.31. The molecule has 0 saturated carbocycles. The smallest absolute Gasteiger partial charge is 0.460 e. The second-order valence-electron chi connectivity index (χ2n) is 5.87. The van der Waals surface area contributed by atoms with Crippen LogP contribution in [-0.4, -0.2) is 48.9 Å². The van der Waals surface area contributed by atoms with E-state index in [0.717, 1.165) is 31.4 Å². The highest BCUT2D eigenvalue weighted by Gasteiger charge is 2.90. The Hall–Kier alpha value is -2.48. The van der Waals surface area contributed by atoms with Gasteiger partial charge in [-0.15, -0.1) is 0 Å². The van der Waals surface area contributed by atoms with E-state index in [4.69, 9.17) is 0 Å². The Bertz CT molecular complexity index is 823. The van der Waals surface area contributed by atoms with E-state index in [0.29, 0.717) is 0 Å². The van der Waals surface area contributed by atoms with Crippen LogP contribution in [0.4, 0.5) is 57.1 Å². The van der Waals surface area contributed by atoms with Crippen molar-refractivity contribution in [2.45, 2.75) is 35.8 Å². The molecule has 2 nitrogen and oxygen atoms in total. The van der Waals surface area contributed by atoms with Gasteiger partial charge in [0.05, 0.1) is 12.7 Å². The summed E-state index contributed by atoms with van der Waals surface area (Å²) in [5, 5.41) is 0. The van der Waals surface area contributed by atoms with Gasteiger partial charge in [0, 0.05) is 0 Å². The molecule has 0 aliphatic rings. The van der Waals surface area contributed by atoms with Gasteiger partial charge in [-0.2, -0.15) is 57.1 Å². The molecular formula is C16H9F13O2. The van der Waals surface area contributed by atoms with Crippen molar-refractivity contribution in [2.75, 3.05) is 7.11 Å². The minimum atomic E-state index is -7.94. The number of rotatable bonds is 7. The molecule has 0 atom stereocenters. The van der Waals surface area contributed by atoms with Crippen molar-refractivity contribution in [1.82, 2.24) is 0 Å². The number of hydrogen-bond acceptors (Lipinski definition) is 2. The predicted octanol–water partition coefficient (Wildman–Crippen LogP) is 6.23. The quantitative estimate of drug-likeness (QED) is 0.342. The van der Waals surface area contributed by atoms with E-state index in [1.54, 1.807) is 0 Å². The van der Waals surface area contributed by atoms with Crippen LogP contribution in [0.5, 0.6) is 0 Å². The maximum atomic E-state index is 13.6. The number of carbonyl (C=O) groups is 1. The Labute approximate surface area is 164 Å². The van der Waals surface area contributed by atoms with Crippen LogP contribution in [0, 0.1) is 0 Å². The zero-order valence-corrected chi connectivity index (χ0v) is 14.7. The molecule has 15 heteroatoms. The van der Waals surface area contributed by atoms with Crippen molar-refractivity contribution in [2.24, 2.45) is 0 Å². The zero-order valence-electron chi connectivity index (χ0n) is 14.7. The van der Waals surface area contributed by atoms with E-state index < -0.39 is 53.4 Å². The number of allylic oxidation sites excluding steroid dienone is 1. The topological polar surface area (TPSA) is 26.3 Å². The largest absolute Gasteiger partial charge is 0.465 e. The molecule has 0 aliphatic heterocycles. The van der Waals surface area contributed by atoms with Gasteiger partial charge in [0.25, 0.3) is 0 Å². The summed E-state index contributed by atoms with van der Waals surface area (Å²) < 4.78 is 173. The molecular weight excluding hydrogens is 471 g/mol. The summed E-state index contributed by atoms with van der Waals surface area (Å²) in [5.74, 6) is -38.2. The number of ether oxygens (including phenoxy) is 1. The van der Waals surface area contributed by atoms with E-state index in [9.17, 15) is 61.9 Å². The van der Waals surface area contributed by atoms with Crippen LogP contribution in [0.15, 0.2) is 30.3 Å². The first kappa shape index (κ1) is 26.6. The fourth-order valence-corrected chi connectivity index (χ4v) is 1.94. The van der Waals surface area contributed by atoms with Crippen LogP contribution in [0.1, 0.15) is 15.9 Å². The Morgan fingerprint density at radius 2 is 1.13 bits per heavy atom. The number of alkyl halides is 13. The lowest BCUT2D eigenvalue weighted by molar-refractivity contribution is -0.436. The van der Waals surface area contributed by atoms with E-state index in [2.05, 4.69) is 4.74 Å². The molecule has 1 rings (SSSR count). The maximum Gasteiger partial charge on any atom is 0.460 e. The molecule has 176 valence electrons. The van der Waals surface area contributed by atoms with Crippen LogP contribution >= 0.6 is 0 Å². The molecule has 0 aliphatic carbocycles. The molecule has 0 saturated heterocycles. The SMILES string of the molecule is COC(=O)c1ccc(/C=C/C(F)(F)C(F)(F)C(F)(F)C(F)(F)C(F)(F)C(F)(F)F)cc1. The molecule has 0 fully saturated rings. The summed E-state index contributed by atoms with van der Waals surface area (Å²) in [6.45, 7) is 0. The Morgan fingerprint density at radius 3 is 1.52 bits per heavy atom. The fraction of sp³-hybridized carbons (Fsp3) is 0.438. The lowest BCUT2D eigenvalue weighted by Crippen LogP contribution is -2.69. The van der Waals surface area contributed by atoms with Crippen molar-refractivity contribution >= 4 is 12.0 Å². The number of carbonyl (C=O) groups excluding carboxylic acids is 1. The van der Waals surface area contributed by atoms with E-state index in [1.165, 1.54) is 0 Å². The minimum absolute atomic E-state index is 0.0366. The molecule has 31 heavy (non-hydrogen) atoms. The summed E-state index contributed by atoms with van der Waals surface area (Å²) in [7, 11) is 0.969. The van der Waals surface area contributed by atoms with Crippen molar-refractivity contribution < 1.29 is 66.6 Å². The molecule has 0 amide bonds. The average Bonchev–Trinajstić information content (AvgIpc) is 2.64. The molecule has 0 N–H and O–H groups in total. The molecule has 1 aromatic carbocycles. The summed E-state index contributed by atoms with van der Waals surface area (Å²) in [6, 6.07) is 3.38. The van der Waals surface area contributed by atoms with Crippen LogP contribution in [0.3, 0.4) is 0 Å². The molecule has 0 bridgehead atoms. The van der Waals surface area contributed by atoms with Gasteiger partial charge in [-0.25, -0.2) is 4.79 Å². The molecule has 0 radical (unpaired) electrons. The number of hydrogen-bond donors (Lipinski definition) is 0. The van der Waals surface area contributed by atoms with Gasteiger partial charge >= 0.3 is 41.8 Å². The number of methoxy groups -OCH3 is 1. The first-order valence-corrected chi connectivity index (χ1v) is 7.51. The predicted molar refractivity (Wildman–Crippen MR) is 77.6 cm³/mol. The van der Waals surface area contributed by atoms with Crippen LogP contribution in [0.25, 0.3) is 6.08 Å². The Kier molecular flexibility index (Phi) is 6.76. The van der Waals surface area contributed by atoms with Crippen molar-refractivity contribution in [3.63, 3.8) is 0 Å². The third-order valence-electron chi connectivity index (χ3n) is 3.77. The van der Waals surface area contributed by atoms with Gasteiger partial charge in [0.1, 0.15) is 0 Å². The minimum Gasteiger partial charge on any atom is -0.465 e. The van der Waals surface area contributed by atoms with Crippen molar-refractivity contribution in [1.29, 1.82) is 0 Å². The Balaban J connectivity index is 3.33. The molecule has 0 aromatic heterocycles. The van der Waals surface area contributed by atoms with Gasteiger partial charge in [-0.05, 0) is 23.8 Å².